The van der Waals surface area contributed by atoms with E-state index in [0.717, 1.165) is 68.1 Å². The maximum absolute atomic E-state index is 13.1. The van der Waals surface area contributed by atoms with Crippen LogP contribution in [0.2, 0.25) is 0 Å². The number of hydrogen-bond acceptors (Lipinski definition) is 5. The molecule has 0 radical (unpaired) electrons. The Morgan fingerprint density at radius 2 is 1.90 bits per heavy atom. The van der Waals surface area contributed by atoms with Crippen molar-refractivity contribution in [2.75, 3.05) is 0 Å². The molecule has 2 aliphatic rings. The van der Waals surface area contributed by atoms with Gasteiger partial charge in [0.2, 0.25) is 0 Å². The topological polar surface area (TPSA) is 87.7 Å². The SMILES string of the molecule is Cc1cc(C=CC(=O)NO)ccc1CNC1(C(=O)OC2CCCC2)CCCCC1. The molecule has 1 aromatic rings. The van der Waals surface area contributed by atoms with Crippen molar-refractivity contribution in [2.24, 2.45) is 0 Å². The molecule has 6 heteroatoms. The second kappa shape index (κ2) is 10.0. The number of benzene rings is 1. The Morgan fingerprint density at radius 3 is 2.55 bits per heavy atom. The Bertz CT molecular complexity index is 747. The molecule has 158 valence electrons. The highest BCUT2D eigenvalue weighted by Crippen LogP contribution is 2.32. The van der Waals surface area contributed by atoms with E-state index in [1.807, 2.05) is 25.1 Å². The fourth-order valence-electron chi connectivity index (χ4n) is 4.37. The third-order valence-corrected chi connectivity index (χ3v) is 6.19. The molecular weight excluding hydrogens is 368 g/mol. The van der Waals surface area contributed by atoms with E-state index in [1.54, 1.807) is 11.6 Å². The monoisotopic (exact) mass is 400 g/mol. The molecule has 2 saturated carbocycles. The fraction of sp³-hybridized carbons (Fsp3) is 0.565. The molecule has 0 aromatic heterocycles. The number of aryl methyl sites for hydroxylation is 1. The number of esters is 1. The Labute approximate surface area is 172 Å². The van der Waals surface area contributed by atoms with Crippen LogP contribution < -0.4 is 10.8 Å². The molecule has 3 rings (SSSR count). The molecule has 2 fully saturated rings. The van der Waals surface area contributed by atoms with Gasteiger partial charge in [0.1, 0.15) is 11.6 Å². The minimum Gasteiger partial charge on any atom is -0.461 e. The number of nitrogens with one attached hydrogen (secondary N) is 2. The van der Waals surface area contributed by atoms with Crippen LogP contribution in [0, 0.1) is 6.92 Å². The van der Waals surface area contributed by atoms with Gasteiger partial charge in [-0.1, -0.05) is 37.5 Å². The lowest BCUT2D eigenvalue weighted by Crippen LogP contribution is -2.54. The van der Waals surface area contributed by atoms with Gasteiger partial charge in [0.25, 0.3) is 5.91 Å². The van der Waals surface area contributed by atoms with E-state index in [9.17, 15) is 9.59 Å². The highest BCUT2D eigenvalue weighted by molar-refractivity contribution is 5.90. The zero-order chi connectivity index (χ0) is 20.7. The summed E-state index contributed by atoms with van der Waals surface area (Å²) in [6.45, 7) is 2.62. The third-order valence-electron chi connectivity index (χ3n) is 6.19. The van der Waals surface area contributed by atoms with Crippen molar-refractivity contribution in [3.05, 3.63) is 41.0 Å². The van der Waals surface area contributed by atoms with Gasteiger partial charge in [-0.3, -0.25) is 20.1 Å². The largest absolute Gasteiger partial charge is 0.461 e. The van der Waals surface area contributed by atoms with Crippen molar-refractivity contribution in [3.63, 3.8) is 0 Å². The summed E-state index contributed by atoms with van der Waals surface area (Å²) in [6.07, 6.45) is 12.2. The summed E-state index contributed by atoms with van der Waals surface area (Å²) in [5.74, 6) is -0.635. The minimum atomic E-state index is -0.578. The van der Waals surface area contributed by atoms with Gasteiger partial charge in [-0.05, 0) is 68.2 Å². The summed E-state index contributed by atoms with van der Waals surface area (Å²) in [6, 6.07) is 5.93. The molecule has 2 aliphatic carbocycles. The third kappa shape index (κ3) is 5.67. The van der Waals surface area contributed by atoms with Crippen molar-refractivity contribution >= 4 is 18.0 Å². The zero-order valence-corrected chi connectivity index (χ0v) is 17.2. The number of ether oxygens (including phenoxy) is 1. The van der Waals surface area contributed by atoms with E-state index >= 15 is 0 Å². The van der Waals surface area contributed by atoms with Crippen LogP contribution in [0.3, 0.4) is 0 Å². The van der Waals surface area contributed by atoms with Crippen LogP contribution in [0.5, 0.6) is 0 Å². The first-order valence-corrected chi connectivity index (χ1v) is 10.7. The van der Waals surface area contributed by atoms with Crippen molar-refractivity contribution in [2.45, 2.75) is 82.9 Å². The highest BCUT2D eigenvalue weighted by Gasteiger charge is 2.41. The first-order chi connectivity index (χ1) is 14.0. The first-order valence-electron chi connectivity index (χ1n) is 10.7. The highest BCUT2D eigenvalue weighted by atomic mass is 16.5. The maximum Gasteiger partial charge on any atom is 0.326 e. The van der Waals surface area contributed by atoms with Crippen molar-refractivity contribution in [3.8, 4) is 0 Å². The van der Waals surface area contributed by atoms with E-state index in [0.29, 0.717) is 6.54 Å². The number of hydroxylamine groups is 1. The molecule has 29 heavy (non-hydrogen) atoms. The van der Waals surface area contributed by atoms with Gasteiger partial charge in [0.05, 0.1) is 0 Å². The van der Waals surface area contributed by atoms with E-state index in [-0.39, 0.29) is 12.1 Å². The summed E-state index contributed by atoms with van der Waals surface area (Å²) in [5, 5.41) is 12.1. The van der Waals surface area contributed by atoms with Gasteiger partial charge in [-0.2, -0.15) is 0 Å². The summed E-state index contributed by atoms with van der Waals surface area (Å²) in [4.78, 5) is 24.2. The smallest absolute Gasteiger partial charge is 0.326 e. The second-order valence-corrected chi connectivity index (χ2v) is 8.30. The fourth-order valence-corrected chi connectivity index (χ4v) is 4.37. The summed E-state index contributed by atoms with van der Waals surface area (Å²) < 4.78 is 5.89. The van der Waals surface area contributed by atoms with Crippen LogP contribution in [0.4, 0.5) is 0 Å². The summed E-state index contributed by atoms with van der Waals surface area (Å²) in [7, 11) is 0. The standard InChI is InChI=1S/C23H32N2O4/c1-17-15-18(10-12-21(26)25-28)9-11-19(17)16-24-23(13-5-2-6-14-23)22(27)29-20-7-3-4-8-20/h9-12,15,20,24,28H,2-8,13-14,16H2,1H3,(H,25,26). The Kier molecular flexibility index (Phi) is 7.45. The van der Waals surface area contributed by atoms with Crippen LogP contribution >= 0.6 is 0 Å². The van der Waals surface area contributed by atoms with Gasteiger partial charge in [0, 0.05) is 12.6 Å². The lowest BCUT2D eigenvalue weighted by molar-refractivity contribution is -0.158. The van der Waals surface area contributed by atoms with E-state index in [2.05, 4.69) is 5.32 Å². The van der Waals surface area contributed by atoms with Gasteiger partial charge in [0.15, 0.2) is 0 Å². The maximum atomic E-state index is 13.1. The summed E-state index contributed by atoms with van der Waals surface area (Å²) in [5.41, 5.74) is 4.08. The second-order valence-electron chi connectivity index (χ2n) is 8.30. The summed E-state index contributed by atoms with van der Waals surface area (Å²) >= 11 is 0. The molecule has 0 saturated heterocycles. The van der Waals surface area contributed by atoms with Gasteiger partial charge >= 0.3 is 5.97 Å². The normalized spacial score (nSPS) is 19.4. The van der Waals surface area contributed by atoms with Gasteiger partial charge in [-0.25, -0.2) is 5.48 Å². The molecule has 1 amide bonds. The quantitative estimate of drug-likeness (QED) is 0.280. The predicted molar refractivity (Wildman–Crippen MR) is 111 cm³/mol. The molecule has 0 spiro atoms. The molecule has 0 atom stereocenters. The lowest BCUT2D eigenvalue weighted by Gasteiger charge is -2.37. The van der Waals surface area contributed by atoms with E-state index in [4.69, 9.17) is 9.94 Å². The minimum absolute atomic E-state index is 0.0728. The molecule has 0 unspecified atom stereocenters. The molecule has 1 aromatic carbocycles. The Hall–Kier alpha value is -2.18. The lowest BCUT2D eigenvalue weighted by atomic mass is 9.81. The predicted octanol–water partition coefficient (Wildman–Crippen LogP) is 3.79. The molecule has 0 bridgehead atoms. The van der Waals surface area contributed by atoms with E-state index < -0.39 is 11.4 Å². The van der Waals surface area contributed by atoms with Crippen LogP contribution in [0.1, 0.15) is 74.5 Å². The molecule has 0 aliphatic heterocycles. The number of hydrogen-bond donors (Lipinski definition) is 3. The van der Waals surface area contributed by atoms with Gasteiger partial charge in [-0.15, -0.1) is 0 Å². The zero-order valence-electron chi connectivity index (χ0n) is 17.2. The average molecular weight is 401 g/mol. The number of carbonyl (C=O) groups excluding carboxylic acids is 2. The van der Waals surface area contributed by atoms with Crippen LogP contribution in [0.15, 0.2) is 24.3 Å². The molecule has 0 heterocycles. The Balaban J connectivity index is 1.66. The molecule has 6 nitrogen and oxygen atoms in total. The van der Waals surface area contributed by atoms with Crippen molar-refractivity contribution in [1.29, 1.82) is 0 Å². The average Bonchev–Trinajstić information content (AvgIpc) is 3.25. The van der Waals surface area contributed by atoms with Crippen LogP contribution in [-0.4, -0.2) is 28.7 Å². The van der Waals surface area contributed by atoms with Crippen LogP contribution in [0.25, 0.3) is 6.08 Å². The molecule has 3 N–H and O–H groups in total. The van der Waals surface area contributed by atoms with Gasteiger partial charge < -0.3 is 4.74 Å². The first kappa shape index (κ1) is 21.5. The van der Waals surface area contributed by atoms with Crippen molar-refractivity contribution in [1.82, 2.24) is 10.8 Å². The van der Waals surface area contributed by atoms with Crippen LogP contribution in [-0.2, 0) is 20.9 Å². The Morgan fingerprint density at radius 1 is 1.17 bits per heavy atom. The molecular formula is C23H32N2O4. The van der Waals surface area contributed by atoms with Crippen molar-refractivity contribution < 1.29 is 19.5 Å². The number of amides is 1. The number of rotatable bonds is 7. The van der Waals surface area contributed by atoms with E-state index in [1.165, 1.54) is 12.5 Å². The number of carbonyl (C=O) groups is 2.